The standard InChI is InChI=1S/C65H114O6/c1-4-7-10-13-16-19-22-24-26-28-29-30-31-32-33-34-35-37-38-40-43-46-49-52-55-58-64(67)70-61-62(60-69-63(66)57-54-51-48-45-42-21-18-15-12-9-6-3)71-65(68)59-56-53-50-47-44-41-39-36-27-25-23-20-17-14-11-8-5-2/h8,11,15,17-18,20,25,27-29,39,41,62H,4-7,9-10,12-14,16,19,21-24,26,30-38,40,42-61H2,1-3H3/b11-8-,18-15-,20-17-,27-25-,29-28-,41-39-. The van der Waals surface area contributed by atoms with Gasteiger partial charge >= 0.3 is 17.9 Å². The van der Waals surface area contributed by atoms with Crippen molar-refractivity contribution >= 4 is 17.9 Å². The number of allylic oxidation sites excluding steroid dienone is 12. The molecule has 0 aromatic rings. The number of rotatable bonds is 55. The molecule has 1 atom stereocenters. The van der Waals surface area contributed by atoms with Crippen LogP contribution in [-0.4, -0.2) is 37.2 Å². The molecular weight excluding hydrogens is 877 g/mol. The van der Waals surface area contributed by atoms with Gasteiger partial charge in [-0.25, -0.2) is 0 Å². The summed E-state index contributed by atoms with van der Waals surface area (Å²) in [5.41, 5.74) is 0. The molecule has 0 aromatic carbocycles. The fourth-order valence-corrected chi connectivity index (χ4v) is 8.59. The van der Waals surface area contributed by atoms with Crippen LogP contribution >= 0.6 is 0 Å². The first-order valence-electron chi connectivity index (χ1n) is 30.4. The van der Waals surface area contributed by atoms with Gasteiger partial charge in [-0.15, -0.1) is 0 Å². The maximum Gasteiger partial charge on any atom is 0.306 e. The Morgan fingerprint density at radius 1 is 0.296 bits per heavy atom. The molecule has 0 rings (SSSR count). The number of hydrogen-bond acceptors (Lipinski definition) is 6. The van der Waals surface area contributed by atoms with Gasteiger partial charge in [0.2, 0.25) is 0 Å². The van der Waals surface area contributed by atoms with Crippen LogP contribution in [0.4, 0.5) is 0 Å². The molecule has 6 nitrogen and oxygen atoms in total. The summed E-state index contributed by atoms with van der Waals surface area (Å²) in [6.07, 6.45) is 76.3. The zero-order valence-electron chi connectivity index (χ0n) is 47.0. The maximum absolute atomic E-state index is 12.8. The van der Waals surface area contributed by atoms with Crippen LogP contribution in [0.25, 0.3) is 0 Å². The SMILES string of the molecule is CC/C=C\C/C=C\C/C=C\C/C=C\CCCCCCC(=O)OC(COC(=O)CCCCCCC/C=C\CCCC)COC(=O)CCCCCCCCCCCCCCC/C=C\CCCCCCCCCC. The van der Waals surface area contributed by atoms with Crippen molar-refractivity contribution in [2.45, 2.75) is 309 Å². The highest BCUT2D eigenvalue weighted by Gasteiger charge is 2.19. The van der Waals surface area contributed by atoms with Gasteiger partial charge in [0.25, 0.3) is 0 Å². The molecule has 0 bridgehead atoms. The largest absolute Gasteiger partial charge is 0.462 e. The first-order valence-corrected chi connectivity index (χ1v) is 30.4. The maximum atomic E-state index is 12.8. The van der Waals surface area contributed by atoms with Gasteiger partial charge in [-0.3, -0.25) is 14.4 Å². The molecule has 0 amide bonds. The lowest BCUT2D eigenvalue weighted by Gasteiger charge is -2.18. The normalized spacial score (nSPS) is 12.5. The van der Waals surface area contributed by atoms with Crippen LogP contribution in [0.15, 0.2) is 72.9 Å². The van der Waals surface area contributed by atoms with Crippen molar-refractivity contribution in [1.29, 1.82) is 0 Å². The third-order valence-corrected chi connectivity index (χ3v) is 13.2. The topological polar surface area (TPSA) is 78.9 Å². The Balaban J connectivity index is 4.27. The Morgan fingerprint density at radius 2 is 0.563 bits per heavy atom. The smallest absolute Gasteiger partial charge is 0.306 e. The summed E-state index contributed by atoms with van der Waals surface area (Å²) >= 11 is 0. The zero-order valence-corrected chi connectivity index (χ0v) is 47.0. The molecular formula is C65H114O6. The van der Waals surface area contributed by atoms with E-state index in [1.807, 2.05) is 0 Å². The average Bonchev–Trinajstić information content (AvgIpc) is 3.37. The van der Waals surface area contributed by atoms with Crippen LogP contribution in [0.2, 0.25) is 0 Å². The van der Waals surface area contributed by atoms with E-state index in [1.54, 1.807) is 0 Å². The fourth-order valence-electron chi connectivity index (χ4n) is 8.59. The average molecular weight is 992 g/mol. The van der Waals surface area contributed by atoms with Crippen LogP contribution in [0.5, 0.6) is 0 Å². The van der Waals surface area contributed by atoms with Crippen LogP contribution in [0.3, 0.4) is 0 Å². The van der Waals surface area contributed by atoms with E-state index < -0.39 is 6.10 Å². The summed E-state index contributed by atoms with van der Waals surface area (Å²) in [6, 6.07) is 0. The molecule has 410 valence electrons. The Kier molecular flexibility index (Phi) is 56.8. The molecule has 0 N–H and O–H groups in total. The molecule has 0 aliphatic heterocycles. The highest BCUT2D eigenvalue weighted by molar-refractivity contribution is 5.71. The van der Waals surface area contributed by atoms with Gasteiger partial charge in [0.1, 0.15) is 13.2 Å². The van der Waals surface area contributed by atoms with Crippen LogP contribution < -0.4 is 0 Å². The Morgan fingerprint density at radius 3 is 0.915 bits per heavy atom. The van der Waals surface area contributed by atoms with Gasteiger partial charge in [0.05, 0.1) is 0 Å². The third-order valence-electron chi connectivity index (χ3n) is 13.2. The summed E-state index contributed by atoms with van der Waals surface area (Å²) in [5.74, 6) is -0.912. The lowest BCUT2D eigenvalue weighted by atomic mass is 10.0. The predicted octanol–water partition coefficient (Wildman–Crippen LogP) is 20.5. The number of ether oxygens (including phenoxy) is 3. The molecule has 0 radical (unpaired) electrons. The van der Waals surface area contributed by atoms with E-state index in [0.717, 1.165) is 103 Å². The minimum absolute atomic E-state index is 0.0869. The van der Waals surface area contributed by atoms with Gasteiger partial charge in [-0.05, 0) is 103 Å². The molecule has 0 spiro atoms. The van der Waals surface area contributed by atoms with E-state index in [1.165, 1.54) is 161 Å². The lowest BCUT2D eigenvalue weighted by Crippen LogP contribution is -2.30. The monoisotopic (exact) mass is 991 g/mol. The molecule has 1 unspecified atom stereocenters. The Labute approximate surface area is 440 Å². The van der Waals surface area contributed by atoms with Gasteiger partial charge in [0.15, 0.2) is 6.10 Å². The van der Waals surface area contributed by atoms with Crippen molar-refractivity contribution in [2.75, 3.05) is 13.2 Å². The number of carbonyl (C=O) groups excluding carboxylic acids is 3. The van der Waals surface area contributed by atoms with Crippen molar-refractivity contribution in [3.05, 3.63) is 72.9 Å². The fraction of sp³-hybridized carbons (Fsp3) is 0.769. The molecule has 0 saturated carbocycles. The molecule has 0 fully saturated rings. The van der Waals surface area contributed by atoms with E-state index in [0.29, 0.717) is 19.3 Å². The zero-order chi connectivity index (χ0) is 51.4. The lowest BCUT2D eigenvalue weighted by molar-refractivity contribution is -0.167. The van der Waals surface area contributed by atoms with Gasteiger partial charge in [-0.1, -0.05) is 254 Å². The Bertz CT molecular complexity index is 1320. The van der Waals surface area contributed by atoms with Gasteiger partial charge in [-0.2, -0.15) is 0 Å². The van der Waals surface area contributed by atoms with Crippen molar-refractivity contribution in [1.82, 2.24) is 0 Å². The minimum atomic E-state index is -0.791. The highest BCUT2D eigenvalue weighted by Crippen LogP contribution is 2.16. The summed E-state index contributed by atoms with van der Waals surface area (Å²) in [6.45, 7) is 6.48. The van der Waals surface area contributed by atoms with Crippen molar-refractivity contribution in [3.63, 3.8) is 0 Å². The van der Waals surface area contributed by atoms with Gasteiger partial charge in [0, 0.05) is 19.3 Å². The Hall–Kier alpha value is -3.15. The number of unbranched alkanes of at least 4 members (excludes halogenated alkanes) is 32. The second-order valence-electron chi connectivity index (χ2n) is 20.2. The first-order chi connectivity index (χ1) is 35.0. The summed E-state index contributed by atoms with van der Waals surface area (Å²) in [7, 11) is 0. The molecule has 0 heterocycles. The van der Waals surface area contributed by atoms with E-state index in [2.05, 4.69) is 93.7 Å². The molecule has 0 aliphatic carbocycles. The number of hydrogen-bond donors (Lipinski definition) is 0. The molecule has 6 heteroatoms. The molecule has 71 heavy (non-hydrogen) atoms. The second-order valence-corrected chi connectivity index (χ2v) is 20.2. The van der Waals surface area contributed by atoms with Gasteiger partial charge < -0.3 is 14.2 Å². The highest BCUT2D eigenvalue weighted by atomic mass is 16.6. The minimum Gasteiger partial charge on any atom is -0.462 e. The van der Waals surface area contributed by atoms with E-state index in [-0.39, 0.29) is 31.1 Å². The number of carbonyl (C=O) groups is 3. The van der Waals surface area contributed by atoms with Crippen LogP contribution in [-0.2, 0) is 28.6 Å². The predicted molar refractivity (Wildman–Crippen MR) is 307 cm³/mol. The third kappa shape index (κ3) is 57.6. The van der Waals surface area contributed by atoms with Crippen molar-refractivity contribution < 1.29 is 28.6 Å². The van der Waals surface area contributed by atoms with Crippen molar-refractivity contribution in [2.24, 2.45) is 0 Å². The van der Waals surface area contributed by atoms with Crippen LogP contribution in [0, 0.1) is 0 Å². The molecule has 0 aliphatic rings. The molecule has 0 saturated heterocycles. The summed E-state index contributed by atoms with van der Waals surface area (Å²) in [5, 5.41) is 0. The number of esters is 3. The summed E-state index contributed by atoms with van der Waals surface area (Å²) in [4.78, 5) is 38.1. The second kappa shape index (κ2) is 59.4. The first kappa shape index (κ1) is 67.8. The molecule has 0 aromatic heterocycles. The van der Waals surface area contributed by atoms with Crippen LogP contribution in [0.1, 0.15) is 303 Å². The summed E-state index contributed by atoms with van der Waals surface area (Å²) < 4.78 is 16.8. The van der Waals surface area contributed by atoms with E-state index >= 15 is 0 Å². The van der Waals surface area contributed by atoms with E-state index in [4.69, 9.17) is 14.2 Å². The van der Waals surface area contributed by atoms with Crippen molar-refractivity contribution in [3.8, 4) is 0 Å². The van der Waals surface area contributed by atoms with E-state index in [9.17, 15) is 14.4 Å². The quantitative estimate of drug-likeness (QED) is 0.0261.